The van der Waals surface area contributed by atoms with Gasteiger partial charge in [-0.15, -0.1) is 0 Å². The van der Waals surface area contributed by atoms with Crippen molar-refractivity contribution in [3.05, 3.63) is 71.3 Å². The first-order valence-corrected chi connectivity index (χ1v) is 11.6. The van der Waals surface area contributed by atoms with Gasteiger partial charge in [-0.25, -0.2) is 21.9 Å². The second-order valence-electron chi connectivity index (χ2n) is 7.40. The van der Waals surface area contributed by atoms with Gasteiger partial charge in [0.05, 0.1) is 12.3 Å². The molecular weight excluding hydrogens is 396 g/mol. The highest BCUT2D eigenvalue weighted by molar-refractivity contribution is 7.88. The summed E-state index contributed by atoms with van der Waals surface area (Å²) in [4.78, 5) is 4.64. The number of hydrogen-bond donors (Lipinski definition) is 1. The van der Waals surface area contributed by atoms with E-state index in [-0.39, 0.29) is 17.7 Å². The summed E-state index contributed by atoms with van der Waals surface area (Å²) in [5.41, 5.74) is 1.95. The van der Waals surface area contributed by atoms with Crippen LogP contribution in [0.3, 0.4) is 0 Å². The van der Waals surface area contributed by atoms with Gasteiger partial charge in [-0.05, 0) is 48.4 Å². The van der Waals surface area contributed by atoms with Crippen LogP contribution in [-0.2, 0) is 10.0 Å². The Morgan fingerprint density at radius 3 is 1.83 bits per heavy atom. The van der Waals surface area contributed by atoms with Crippen molar-refractivity contribution in [3.8, 4) is 0 Å². The molecule has 0 amide bonds. The molecule has 5 nitrogen and oxygen atoms in total. The quantitative estimate of drug-likeness (QED) is 0.664. The number of nitrogens with one attached hydrogen (secondary N) is 1. The Bertz CT molecular complexity index is 836. The Morgan fingerprint density at radius 2 is 1.38 bits per heavy atom. The minimum atomic E-state index is -3.14. The largest absolute Gasteiger partial charge is 0.301 e. The van der Waals surface area contributed by atoms with Gasteiger partial charge in [0.25, 0.3) is 0 Å². The molecule has 1 heterocycles. The predicted octanol–water partition coefficient (Wildman–Crippen LogP) is 2.61. The van der Waals surface area contributed by atoms with Gasteiger partial charge in [0, 0.05) is 32.7 Å². The Labute approximate surface area is 171 Å². The average Bonchev–Trinajstić information content (AvgIpc) is 2.69. The molecule has 3 rings (SSSR count). The van der Waals surface area contributed by atoms with E-state index in [1.165, 1.54) is 24.3 Å². The SMILES string of the molecule is CS(=O)(=O)NCCCN1CCN(C(c2ccc(F)cc2)c2ccc(F)cc2)CC1. The highest BCUT2D eigenvalue weighted by Gasteiger charge is 2.26. The number of benzene rings is 2. The third-order valence-corrected chi connectivity index (χ3v) is 5.89. The fourth-order valence-electron chi connectivity index (χ4n) is 3.71. The van der Waals surface area contributed by atoms with Crippen LogP contribution in [0.5, 0.6) is 0 Å². The van der Waals surface area contributed by atoms with E-state index >= 15 is 0 Å². The van der Waals surface area contributed by atoms with E-state index in [2.05, 4.69) is 14.5 Å². The summed E-state index contributed by atoms with van der Waals surface area (Å²) in [5.74, 6) is -0.557. The Balaban J connectivity index is 1.64. The van der Waals surface area contributed by atoms with Crippen LogP contribution in [0.15, 0.2) is 48.5 Å². The van der Waals surface area contributed by atoms with Crippen LogP contribution in [0.2, 0.25) is 0 Å². The van der Waals surface area contributed by atoms with Crippen molar-refractivity contribution < 1.29 is 17.2 Å². The lowest BCUT2D eigenvalue weighted by Gasteiger charge is -2.39. The van der Waals surface area contributed by atoms with Gasteiger partial charge in [-0.2, -0.15) is 0 Å². The number of piperazine rings is 1. The highest BCUT2D eigenvalue weighted by Crippen LogP contribution is 2.30. The maximum Gasteiger partial charge on any atom is 0.208 e. The maximum atomic E-state index is 13.4. The molecule has 0 aromatic heterocycles. The van der Waals surface area contributed by atoms with E-state index < -0.39 is 10.0 Å². The molecule has 1 N–H and O–H groups in total. The molecule has 0 bridgehead atoms. The summed E-state index contributed by atoms with van der Waals surface area (Å²) in [5, 5.41) is 0. The van der Waals surface area contributed by atoms with Gasteiger partial charge in [-0.1, -0.05) is 24.3 Å². The third kappa shape index (κ3) is 6.57. The molecule has 1 fully saturated rings. The summed E-state index contributed by atoms with van der Waals surface area (Å²) >= 11 is 0. The fourth-order valence-corrected chi connectivity index (χ4v) is 4.22. The molecule has 8 heteroatoms. The molecule has 0 aliphatic carbocycles. The van der Waals surface area contributed by atoms with E-state index in [1.807, 2.05) is 0 Å². The van der Waals surface area contributed by atoms with E-state index in [0.29, 0.717) is 6.54 Å². The summed E-state index contributed by atoms with van der Waals surface area (Å²) in [6, 6.07) is 12.9. The van der Waals surface area contributed by atoms with Gasteiger partial charge >= 0.3 is 0 Å². The molecule has 0 radical (unpaired) electrons. The number of rotatable bonds is 8. The average molecular weight is 424 g/mol. The lowest BCUT2D eigenvalue weighted by Crippen LogP contribution is -2.48. The molecule has 0 unspecified atom stereocenters. The van der Waals surface area contributed by atoms with Crippen LogP contribution in [0.1, 0.15) is 23.6 Å². The molecule has 2 aromatic carbocycles. The molecule has 1 aliphatic rings. The van der Waals surface area contributed by atoms with E-state index in [4.69, 9.17) is 0 Å². The fraction of sp³-hybridized carbons (Fsp3) is 0.429. The van der Waals surface area contributed by atoms with Crippen molar-refractivity contribution in [1.29, 1.82) is 0 Å². The highest BCUT2D eigenvalue weighted by atomic mass is 32.2. The lowest BCUT2D eigenvalue weighted by molar-refractivity contribution is 0.109. The third-order valence-electron chi connectivity index (χ3n) is 5.16. The van der Waals surface area contributed by atoms with Crippen molar-refractivity contribution in [2.75, 3.05) is 45.5 Å². The van der Waals surface area contributed by atoms with Crippen LogP contribution >= 0.6 is 0 Å². The maximum absolute atomic E-state index is 13.4. The molecule has 1 saturated heterocycles. The summed E-state index contributed by atoms with van der Waals surface area (Å²) in [6.07, 6.45) is 1.92. The zero-order valence-corrected chi connectivity index (χ0v) is 17.3. The van der Waals surface area contributed by atoms with Gasteiger partial charge in [-0.3, -0.25) is 4.90 Å². The van der Waals surface area contributed by atoms with Gasteiger partial charge in [0.2, 0.25) is 10.0 Å². The van der Waals surface area contributed by atoms with E-state index in [0.717, 1.165) is 56.5 Å². The van der Waals surface area contributed by atoms with Gasteiger partial charge in [0.15, 0.2) is 0 Å². The summed E-state index contributed by atoms with van der Waals surface area (Å²) in [6.45, 7) is 4.62. The standard InChI is InChI=1S/C21H27F2N3O2S/c1-29(27,28)24-11-2-12-25-13-15-26(16-14-25)21(17-3-7-19(22)8-4-17)18-5-9-20(23)10-6-18/h3-10,21,24H,2,11-16H2,1H3. The number of halogens is 2. The summed E-state index contributed by atoms with van der Waals surface area (Å²) < 4.78 is 51.6. The Kier molecular flexibility index (Phi) is 7.34. The molecule has 0 saturated carbocycles. The first-order chi connectivity index (χ1) is 13.8. The van der Waals surface area contributed by atoms with E-state index in [9.17, 15) is 17.2 Å². The minimum absolute atomic E-state index is 0.0646. The lowest BCUT2D eigenvalue weighted by atomic mass is 9.96. The molecule has 29 heavy (non-hydrogen) atoms. The van der Waals surface area contributed by atoms with E-state index in [1.54, 1.807) is 24.3 Å². The van der Waals surface area contributed by atoms with Crippen molar-refractivity contribution >= 4 is 10.0 Å². The molecule has 1 aliphatic heterocycles. The minimum Gasteiger partial charge on any atom is -0.301 e. The van der Waals surface area contributed by atoms with Crippen LogP contribution in [0, 0.1) is 11.6 Å². The molecule has 0 atom stereocenters. The van der Waals surface area contributed by atoms with Crippen molar-refractivity contribution in [3.63, 3.8) is 0 Å². The summed E-state index contributed by atoms with van der Waals surface area (Å²) in [7, 11) is -3.14. The smallest absolute Gasteiger partial charge is 0.208 e. The second kappa shape index (κ2) is 9.75. The zero-order valence-electron chi connectivity index (χ0n) is 16.5. The first-order valence-electron chi connectivity index (χ1n) is 9.74. The molecule has 158 valence electrons. The van der Waals surface area contributed by atoms with Gasteiger partial charge < -0.3 is 4.90 Å². The predicted molar refractivity (Wildman–Crippen MR) is 110 cm³/mol. The Morgan fingerprint density at radius 1 is 0.897 bits per heavy atom. The molecule has 2 aromatic rings. The van der Waals surface area contributed by atoms with Crippen LogP contribution in [-0.4, -0.2) is 63.7 Å². The normalized spacial score (nSPS) is 16.4. The van der Waals surface area contributed by atoms with Crippen molar-refractivity contribution in [2.45, 2.75) is 12.5 Å². The number of hydrogen-bond acceptors (Lipinski definition) is 4. The van der Waals surface area contributed by atoms with Crippen molar-refractivity contribution in [2.24, 2.45) is 0 Å². The Hall–Kier alpha value is -1.87. The number of sulfonamides is 1. The van der Waals surface area contributed by atoms with Crippen LogP contribution < -0.4 is 4.72 Å². The topological polar surface area (TPSA) is 52.7 Å². The van der Waals surface area contributed by atoms with Crippen molar-refractivity contribution in [1.82, 2.24) is 14.5 Å². The van der Waals surface area contributed by atoms with Crippen LogP contribution in [0.4, 0.5) is 8.78 Å². The second-order valence-corrected chi connectivity index (χ2v) is 9.24. The first kappa shape index (κ1) is 21.8. The zero-order chi connectivity index (χ0) is 20.9. The number of nitrogens with zero attached hydrogens (tertiary/aromatic N) is 2. The molecule has 0 spiro atoms. The van der Waals surface area contributed by atoms with Gasteiger partial charge in [0.1, 0.15) is 11.6 Å². The van der Waals surface area contributed by atoms with Crippen LogP contribution in [0.25, 0.3) is 0 Å². The monoisotopic (exact) mass is 423 g/mol. The molecular formula is C21H27F2N3O2S.